The summed E-state index contributed by atoms with van der Waals surface area (Å²) < 4.78 is 10.9. The highest BCUT2D eigenvalue weighted by Crippen LogP contribution is 2.38. The van der Waals surface area contributed by atoms with E-state index in [1.807, 2.05) is 7.11 Å². The van der Waals surface area contributed by atoms with Crippen molar-refractivity contribution in [2.24, 2.45) is 0 Å². The van der Waals surface area contributed by atoms with Crippen molar-refractivity contribution in [2.45, 2.75) is 44.2 Å². The Bertz CT molecular complexity index is 152. The predicted molar refractivity (Wildman–Crippen MR) is 57.5 cm³/mol. The van der Waals surface area contributed by atoms with Crippen LogP contribution in [0, 0.1) is 0 Å². The molecule has 0 radical (unpaired) electrons. The van der Waals surface area contributed by atoms with E-state index in [2.05, 4.69) is 12.2 Å². The molecule has 1 N–H and O–H groups in total. The van der Waals surface area contributed by atoms with Crippen molar-refractivity contribution in [1.82, 2.24) is 5.32 Å². The van der Waals surface area contributed by atoms with Crippen LogP contribution in [0.3, 0.4) is 0 Å². The molecule has 1 aliphatic carbocycles. The van der Waals surface area contributed by atoms with Gasteiger partial charge in [-0.1, -0.05) is 6.92 Å². The van der Waals surface area contributed by atoms with Crippen LogP contribution < -0.4 is 5.32 Å². The first-order chi connectivity index (χ1) is 6.79. The molecule has 1 rings (SSSR count). The maximum Gasteiger partial charge on any atom is 0.0853 e. The summed E-state index contributed by atoms with van der Waals surface area (Å²) >= 11 is 0. The molecule has 1 aliphatic rings. The molecule has 1 atom stereocenters. The second-order valence-corrected chi connectivity index (χ2v) is 4.08. The zero-order valence-electron chi connectivity index (χ0n) is 9.64. The van der Waals surface area contributed by atoms with E-state index in [4.69, 9.17) is 9.47 Å². The van der Waals surface area contributed by atoms with Crippen LogP contribution in [-0.4, -0.2) is 39.0 Å². The van der Waals surface area contributed by atoms with Crippen LogP contribution in [0.2, 0.25) is 0 Å². The predicted octanol–water partition coefficient (Wildman–Crippen LogP) is 1.57. The molecule has 3 heteroatoms. The normalized spacial score (nSPS) is 21.6. The number of rotatable bonds is 7. The molecule has 0 heterocycles. The topological polar surface area (TPSA) is 30.5 Å². The summed E-state index contributed by atoms with van der Waals surface area (Å²) in [5.74, 6) is 0. The Morgan fingerprint density at radius 2 is 2.07 bits per heavy atom. The number of ether oxygens (including phenoxy) is 2. The molecule has 0 amide bonds. The Hall–Kier alpha value is -0.120. The molecule has 84 valence electrons. The van der Waals surface area contributed by atoms with Gasteiger partial charge in [0, 0.05) is 14.2 Å². The van der Waals surface area contributed by atoms with Crippen LogP contribution >= 0.6 is 0 Å². The zero-order chi connectivity index (χ0) is 10.4. The highest BCUT2D eigenvalue weighted by molar-refractivity contribution is 4.99. The van der Waals surface area contributed by atoms with Gasteiger partial charge in [0.15, 0.2) is 0 Å². The van der Waals surface area contributed by atoms with Crippen LogP contribution in [0.1, 0.15) is 32.6 Å². The molecule has 0 bridgehead atoms. The van der Waals surface area contributed by atoms with Crippen molar-refractivity contribution in [3.05, 3.63) is 0 Å². The lowest BCUT2D eigenvalue weighted by Gasteiger charge is -2.46. The molecular formula is C11H23NO2. The number of nitrogens with one attached hydrogen (secondary N) is 1. The van der Waals surface area contributed by atoms with E-state index in [1.54, 1.807) is 7.11 Å². The fraction of sp³-hybridized carbons (Fsp3) is 1.00. The molecule has 0 aromatic carbocycles. The van der Waals surface area contributed by atoms with Crippen molar-refractivity contribution in [2.75, 3.05) is 27.4 Å². The van der Waals surface area contributed by atoms with Gasteiger partial charge in [0.1, 0.15) is 0 Å². The third-order valence-electron chi connectivity index (χ3n) is 3.22. The van der Waals surface area contributed by atoms with Crippen LogP contribution in [0.25, 0.3) is 0 Å². The third-order valence-corrected chi connectivity index (χ3v) is 3.22. The third kappa shape index (κ3) is 2.47. The van der Waals surface area contributed by atoms with Crippen LogP contribution in [0.4, 0.5) is 0 Å². The molecule has 0 aliphatic heterocycles. The molecule has 3 nitrogen and oxygen atoms in total. The first-order valence-electron chi connectivity index (χ1n) is 5.56. The zero-order valence-corrected chi connectivity index (χ0v) is 9.64. The Morgan fingerprint density at radius 3 is 2.43 bits per heavy atom. The summed E-state index contributed by atoms with van der Waals surface area (Å²) in [4.78, 5) is 0. The highest BCUT2D eigenvalue weighted by Gasteiger charge is 2.44. The lowest BCUT2D eigenvalue weighted by molar-refractivity contribution is -0.111. The lowest BCUT2D eigenvalue weighted by atomic mass is 9.74. The minimum atomic E-state index is 0.0468. The minimum Gasteiger partial charge on any atom is -0.383 e. The van der Waals surface area contributed by atoms with Gasteiger partial charge in [0.2, 0.25) is 0 Å². The summed E-state index contributed by atoms with van der Waals surface area (Å²) in [5.41, 5.74) is 0.0468. The van der Waals surface area contributed by atoms with E-state index in [0.717, 1.165) is 32.4 Å². The largest absolute Gasteiger partial charge is 0.383 e. The Morgan fingerprint density at radius 1 is 1.36 bits per heavy atom. The van der Waals surface area contributed by atoms with Crippen molar-refractivity contribution >= 4 is 0 Å². The Balaban J connectivity index is 2.46. The molecule has 0 aromatic heterocycles. The molecule has 1 saturated carbocycles. The van der Waals surface area contributed by atoms with Gasteiger partial charge in [-0.15, -0.1) is 0 Å². The fourth-order valence-electron chi connectivity index (χ4n) is 2.10. The maximum absolute atomic E-state index is 5.64. The maximum atomic E-state index is 5.64. The van der Waals surface area contributed by atoms with Crippen molar-refractivity contribution < 1.29 is 9.47 Å². The second kappa shape index (κ2) is 5.69. The van der Waals surface area contributed by atoms with E-state index in [9.17, 15) is 0 Å². The van der Waals surface area contributed by atoms with Crippen molar-refractivity contribution in [3.8, 4) is 0 Å². The molecule has 1 unspecified atom stereocenters. The Labute approximate surface area is 87.2 Å². The fourth-order valence-corrected chi connectivity index (χ4v) is 2.10. The van der Waals surface area contributed by atoms with Crippen LogP contribution in [0.5, 0.6) is 0 Å². The van der Waals surface area contributed by atoms with Gasteiger partial charge in [-0.2, -0.15) is 0 Å². The van der Waals surface area contributed by atoms with E-state index in [-0.39, 0.29) is 5.60 Å². The average molecular weight is 201 g/mol. The van der Waals surface area contributed by atoms with Crippen molar-refractivity contribution in [3.63, 3.8) is 0 Å². The smallest absolute Gasteiger partial charge is 0.0853 e. The Kier molecular flexibility index (Phi) is 4.85. The summed E-state index contributed by atoms with van der Waals surface area (Å²) in [6.07, 6.45) is 4.75. The molecule has 14 heavy (non-hydrogen) atoms. The van der Waals surface area contributed by atoms with Gasteiger partial charge >= 0.3 is 0 Å². The summed E-state index contributed by atoms with van der Waals surface area (Å²) in [7, 11) is 3.57. The first-order valence-corrected chi connectivity index (χ1v) is 5.56. The summed E-state index contributed by atoms with van der Waals surface area (Å²) in [6, 6.07) is 0.353. The van der Waals surface area contributed by atoms with Gasteiger partial charge in [0.25, 0.3) is 0 Å². The number of hydrogen-bond donors (Lipinski definition) is 1. The van der Waals surface area contributed by atoms with Gasteiger partial charge in [-0.25, -0.2) is 0 Å². The number of hydrogen-bond acceptors (Lipinski definition) is 3. The molecular weight excluding hydrogens is 178 g/mol. The minimum absolute atomic E-state index is 0.0468. The van der Waals surface area contributed by atoms with Gasteiger partial charge in [0.05, 0.1) is 18.2 Å². The number of methoxy groups -OCH3 is 2. The molecule has 0 saturated heterocycles. The van der Waals surface area contributed by atoms with E-state index in [0.29, 0.717) is 6.04 Å². The molecule has 0 spiro atoms. The van der Waals surface area contributed by atoms with Crippen LogP contribution in [-0.2, 0) is 9.47 Å². The molecule has 0 aromatic rings. The van der Waals surface area contributed by atoms with Crippen molar-refractivity contribution in [1.29, 1.82) is 0 Å². The highest BCUT2D eigenvalue weighted by atomic mass is 16.5. The standard InChI is InChI=1S/C11H23NO2/c1-4-8-12-10(9-13-2)11(14-3)6-5-7-11/h10,12H,4-9H2,1-3H3. The summed E-state index contributed by atoms with van der Waals surface area (Å²) in [6.45, 7) is 3.96. The first kappa shape index (κ1) is 12.0. The lowest BCUT2D eigenvalue weighted by Crippen LogP contribution is -2.58. The average Bonchev–Trinajstić information content (AvgIpc) is 2.13. The van der Waals surface area contributed by atoms with Gasteiger partial charge < -0.3 is 14.8 Å². The summed E-state index contributed by atoms with van der Waals surface area (Å²) in [5, 5.41) is 3.51. The van der Waals surface area contributed by atoms with E-state index in [1.165, 1.54) is 6.42 Å². The van der Waals surface area contributed by atoms with E-state index >= 15 is 0 Å². The quantitative estimate of drug-likeness (QED) is 0.678. The van der Waals surface area contributed by atoms with E-state index < -0.39 is 0 Å². The van der Waals surface area contributed by atoms with Crippen LogP contribution in [0.15, 0.2) is 0 Å². The second-order valence-electron chi connectivity index (χ2n) is 4.08. The van der Waals surface area contributed by atoms with Gasteiger partial charge in [-0.3, -0.25) is 0 Å². The molecule has 1 fully saturated rings. The monoisotopic (exact) mass is 201 g/mol. The van der Waals surface area contributed by atoms with Gasteiger partial charge in [-0.05, 0) is 32.2 Å². The SMILES string of the molecule is CCCNC(COC)C1(OC)CCC1.